The normalized spacial score (nSPS) is 23.7. The van der Waals surface area contributed by atoms with Crippen molar-refractivity contribution in [2.75, 3.05) is 20.1 Å². The second kappa shape index (κ2) is 5.71. The minimum atomic E-state index is -0.247. The van der Waals surface area contributed by atoms with Crippen molar-refractivity contribution in [3.63, 3.8) is 0 Å². The average Bonchev–Trinajstić information content (AvgIpc) is 2.64. The maximum absolute atomic E-state index is 12.9. The third-order valence-corrected chi connectivity index (χ3v) is 4.40. The molecule has 18 heavy (non-hydrogen) atoms. The molecule has 0 saturated carbocycles. The molecule has 1 aliphatic rings. The first-order chi connectivity index (χ1) is 8.63. The lowest BCUT2D eigenvalue weighted by atomic mass is 10.2. The van der Waals surface area contributed by atoms with Gasteiger partial charge in [-0.2, -0.15) is 0 Å². The summed E-state index contributed by atoms with van der Waals surface area (Å²) in [5.41, 5.74) is 0.982. The maximum Gasteiger partial charge on any atom is 0.236 e. The summed E-state index contributed by atoms with van der Waals surface area (Å²) < 4.78 is 12.9. The zero-order valence-electron chi connectivity index (χ0n) is 10.5. The van der Waals surface area contributed by atoms with E-state index < -0.39 is 0 Å². The summed E-state index contributed by atoms with van der Waals surface area (Å²) in [6.45, 7) is 3.36. The first-order valence-corrected chi connectivity index (χ1v) is 6.93. The number of thioether (sulfide) groups is 1. The van der Waals surface area contributed by atoms with Crippen LogP contribution in [-0.2, 0) is 4.79 Å². The zero-order valence-corrected chi connectivity index (χ0v) is 11.3. The van der Waals surface area contributed by atoms with E-state index in [1.165, 1.54) is 12.1 Å². The SMILES string of the molecule is CNCCN1C(=O)[C@H](C)S[C@H]1c1ccc(F)cc1. The molecule has 0 bridgehead atoms. The van der Waals surface area contributed by atoms with Crippen LogP contribution in [0.4, 0.5) is 4.39 Å². The molecule has 1 saturated heterocycles. The Balaban J connectivity index is 2.19. The lowest BCUT2D eigenvalue weighted by Crippen LogP contribution is -2.35. The molecule has 5 heteroatoms. The fourth-order valence-corrected chi connectivity index (χ4v) is 3.33. The molecular weight excluding hydrogens is 251 g/mol. The third kappa shape index (κ3) is 2.67. The number of carbonyl (C=O) groups excluding carboxylic acids is 1. The van der Waals surface area contributed by atoms with E-state index in [9.17, 15) is 9.18 Å². The molecule has 2 atom stereocenters. The second-order valence-electron chi connectivity index (χ2n) is 4.32. The molecule has 1 aromatic carbocycles. The number of carbonyl (C=O) groups is 1. The summed E-state index contributed by atoms with van der Waals surface area (Å²) in [6.07, 6.45) is 0. The Morgan fingerprint density at radius 3 is 2.67 bits per heavy atom. The smallest absolute Gasteiger partial charge is 0.236 e. The summed E-state index contributed by atoms with van der Waals surface area (Å²) in [4.78, 5) is 13.9. The fourth-order valence-electron chi connectivity index (χ4n) is 2.02. The number of hydrogen-bond donors (Lipinski definition) is 1. The monoisotopic (exact) mass is 268 g/mol. The van der Waals surface area contributed by atoms with Crippen LogP contribution < -0.4 is 5.32 Å². The van der Waals surface area contributed by atoms with Crippen molar-refractivity contribution in [1.29, 1.82) is 0 Å². The van der Waals surface area contributed by atoms with Gasteiger partial charge in [-0.05, 0) is 31.7 Å². The number of hydrogen-bond acceptors (Lipinski definition) is 3. The van der Waals surface area contributed by atoms with Gasteiger partial charge < -0.3 is 10.2 Å². The van der Waals surface area contributed by atoms with E-state index in [1.54, 1.807) is 23.9 Å². The Labute approximate surface area is 111 Å². The fraction of sp³-hybridized carbons (Fsp3) is 0.462. The van der Waals surface area contributed by atoms with Crippen LogP contribution in [0.15, 0.2) is 24.3 Å². The van der Waals surface area contributed by atoms with Crippen molar-refractivity contribution < 1.29 is 9.18 Å². The van der Waals surface area contributed by atoms with E-state index in [1.807, 2.05) is 18.9 Å². The van der Waals surface area contributed by atoms with Crippen LogP contribution in [0.25, 0.3) is 0 Å². The van der Waals surface area contributed by atoms with Crippen molar-refractivity contribution >= 4 is 17.7 Å². The first kappa shape index (κ1) is 13.4. The van der Waals surface area contributed by atoms with Gasteiger partial charge in [0.25, 0.3) is 0 Å². The average molecular weight is 268 g/mol. The van der Waals surface area contributed by atoms with Gasteiger partial charge in [0.15, 0.2) is 0 Å². The first-order valence-electron chi connectivity index (χ1n) is 5.99. The zero-order chi connectivity index (χ0) is 13.1. The van der Waals surface area contributed by atoms with Crippen LogP contribution in [0.5, 0.6) is 0 Å². The molecule has 3 nitrogen and oxygen atoms in total. The van der Waals surface area contributed by atoms with Gasteiger partial charge in [0.2, 0.25) is 5.91 Å². The van der Waals surface area contributed by atoms with Gasteiger partial charge in [0, 0.05) is 13.1 Å². The second-order valence-corrected chi connectivity index (χ2v) is 5.74. The summed E-state index contributed by atoms with van der Waals surface area (Å²) >= 11 is 1.62. The largest absolute Gasteiger partial charge is 0.324 e. The van der Waals surface area contributed by atoms with E-state index in [0.29, 0.717) is 6.54 Å². The molecule has 0 aliphatic carbocycles. The number of amides is 1. The molecule has 1 heterocycles. The predicted molar refractivity (Wildman–Crippen MR) is 71.8 cm³/mol. The van der Waals surface area contributed by atoms with E-state index in [-0.39, 0.29) is 22.3 Å². The molecule has 1 aromatic rings. The van der Waals surface area contributed by atoms with Crippen molar-refractivity contribution in [3.8, 4) is 0 Å². The number of halogens is 1. The predicted octanol–water partition coefficient (Wildman–Crippen LogP) is 2.01. The summed E-state index contributed by atoms with van der Waals surface area (Å²) in [7, 11) is 1.87. The lowest BCUT2D eigenvalue weighted by molar-refractivity contribution is -0.129. The molecule has 98 valence electrons. The van der Waals surface area contributed by atoms with Gasteiger partial charge in [-0.1, -0.05) is 12.1 Å². The highest BCUT2D eigenvalue weighted by Gasteiger charge is 2.37. The molecular formula is C13H17FN2OS. The van der Waals surface area contributed by atoms with Gasteiger partial charge in [-0.15, -0.1) is 11.8 Å². The Morgan fingerprint density at radius 2 is 2.06 bits per heavy atom. The highest BCUT2D eigenvalue weighted by molar-refractivity contribution is 8.01. The maximum atomic E-state index is 12.9. The van der Waals surface area contributed by atoms with E-state index in [4.69, 9.17) is 0 Å². The van der Waals surface area contributed by atoms with Gasteiger partial charge in [-0.3, -0.25) is 4.79 Å². The Bertz CT molecular complexity index is 424. The highest BCUT2D eigenvalue weighted by Crippen LogP contribution is 2.42. The van der Waals surface area contributed by atoms with Crippen LogP contribution in [0, 0.1) is 5.82 Å². The quantitative estimate of drug-likeness (QED) is 0.906. The molecule has 1 N–H and O–H groups in total. The molecule has 0 spiro atoms. The lowest BCUT2D eigenvalue weighted by Gasteiger charge is -2.24. The van der Waals surface area contributed by atoms with Crippen molar-refractivity contribution in [1.82, 2.24) is 10.2 Å². The molecule has 0 aromatic heterocycles. The summed E-state index contributed by atoms with van der Waals surface area (Å²) in [6, 6.07) is 6.40. The van der Waals surface area contributed by atoms with E-state index in [2.05, 4.69) is 5.32 Å². The van der Waals surface area contributed by atoms with Gasteiger partial charge in [0.05, 0.1) is 5.25 Å². The van der Waals surface area contributed by atoms with Crippen molar-refractivity contribution in [2.45, 2.75) is 17.5 Å². The van der Waals surface area contributed by atoms with Crippen molar-refractivity contribution in [3.05, 3.63) is 35.6 Å². The number of rotatable bonds is 4. The van der Waals surface area contributed by atoms with Crippen molar-refractivity contribution in [2.24, 2.45) is 0 Å². The number of benzene rings is 1. The molecule has 0 unspecified atom stereocenters. The Morgan fingerprint density at radius 1 is 1.39 bits per heavy atom. The minimum Gasteiger partial charge on any atom is -0.324 e. The van der Waals surface area contributed by atoms with Crippen LogP contribution in [0.1, 0.15) is 17.9 Å². The van der Waals surface area contributed by atoms with Gasteiger partial charge in [-0.25, -0.2) is 4.39 Å². The van der Waals surface area contributed by atoms with E-state index >= 15 is 0 Å². The molecule has 2 rings (SSSR count). The third-order valence-electron chi connectivity index (χ3n) is 3.00. The Hall–Kier alpha value is -1.07. The molecule has 1 amide bonds. The number of nitrogens with one attached hydrogen (secondary N) is 1. The minimum absolute atomic E-state index is 0.00134. The summed E-state index contributed by atoms with van der Waals surface area (Å²) in [5, 5.41) is 3.02. The Kier molecular flexibility index (Phi) is 4.24. The number of nitrogens with zero attached hydrogens (tertiary/aromatic N) is 1. The topological polar surface area (TPSA) is 32.3 Å². The van der Waals surface area contributed by atoms with Gasteiger partial charge >= 0.3 is 0 Å². The standard InChI is InChI=1S/C13H17FN2OS/c1-9-12(17)16(8-7-15-2)13(18-9)10-3-5-11(14)6-4-10/h3-6,9,13,15H,7-8H2,1-2H3/t9-,13-/m0/s1. The van der Waals surface area contributed by atoms with Crippen LogP contribution in [0.3, 0.4) is 0 Å². The number of likely N-dealkylation sites (N-methyl/N-ethyl adjacent to an activating group) is 1. The van der Waals surface area contributed by atoms with E-state index in [0.717, 1.165) is 12.1 Å². The molecule has 1 fully saturated rings. The van der Waals surface area contributed by atoms with Crippen LogP contribution >= 0.6 is 11.8 Å². The van der Waals surface area contributed by atoms with Crippen LogP contribution in [0.2, 0.25) is 0 Å². The van der Waals surface area contributed by atoms with Crippen LogP contribution in [-0.4, -0.2) is 36.2 Å². The molecule has 0 radical (unpaired) electrons. The molecule has 1 aliphatic heterocycles. The summed E-state index contributed by atoms with van der Waals surface area (Å²) in [5.74, 6) is -0.0903. The highest BCUT2D eigenvalue weighted by atomic mass is 32.2. The van der Waals surface area contributed by atoms with Gasteiger partial charge in [0.1, 0.15) is 11.2 Å².